The molecule has 1 spiro atoms. The van der Waals surface area contributed by atoms with E-state index in [-0.39, 0.29) is 28.3 Å². The van der Waals surface area contributed by atoms with E-state index in [9.17, 15) is 28.4 Å². The number of aromatic nitrogens is 2. The predicted octanol–water partition coefficient (Wildman–Crippen LogP) is 9.41. The largest absolute Gasteiger partial charge is 0.455 e. The van der Waals surface area contributed by atoms with Crippen LogP contribution in [0.1, 0.15) is 118 Å². The minimum atomic E-state index is -4.57. The van der Waals surface area contributed by atoms with Crippen molar-refractivity contribution >= 4 is 44.0 Å². The number of hydrogen-bond donors (Lipinski definition) is 4. The van der Waals surface area contributed by atoms with Crippen LogP contribution in [-0.4, -0.2) is 83.6 Å². The number of carbonyl (C=O) groups is 1. The number of likely N-dealkylation sites (tertiary alicyclic amines) is 1. The maximum absolute atomic E-state index is 14.0. The van der Waals surface area contributed by atoms with Gasteiger partial charge in [0.25, 0.3) is 21.6 Å². The smallest absolute Gasteiger partial charge is 0.293 e. The number of aryl methyl sites for hydroxylation is 1. The number of piperidine rings is 1. The Labute approximate surface area is 381 Å². The van der Waals surface area contributed by atoms with Gasteiger partial charge in [0.05, 0.1) is 27.2 Å². The number of carbonyl (C=O) groups excluding carboxylic acids is 1. The van der Waals surface area contributed by atoms with Gasteiger partial charge >= 0.3 is 0 Å². The van der Waals surface area contributed by atoms with Gasteiger partial charge in [0.2, 0.25) is 0 Å². The summed E-state index contributed by atoms with van der Waals surface area (Å²) in [6, 6.07) is 22.1. The number of aromatic amines is 1. The number of benzene rings is 3. The number of hydrogen-bond acceptors (Lipinski definition) is 11. The molecule has 2 saturated heterocycles. The van der Waals surface area contributed by atoms with Crippen molar-refractivity contribution in [1.29, 1.82) is 0 Å². The molecule has 14 nitrogen and oxygen atoms in total. The molecule has 2 aromatic heterocycles. The van der Waals surface area contributed by atoms with Crippen molar-refractivity contribution in [2.24, 2.45) is 11.3 Å². The quantitative estimate of drug-likeness (QED) is 0.0652. The number of H-pyrrole nitrogens is 1. The summed E-state index contributed by atoms with van der Waals surface area (Å²) in [6.45, 7) is 12.7. The first-order valence-corrected chi connectivity index (χ1v) is 24.7. The molecule has 5 aromatic rings. The molecule has 344 valence electrons. The van der Waals surface area contributed by atoms with Crippen LogP contribution in [0.4, 0.5) is 17.1 Å². The van der Waals surface area contributed by atoms with Crippen LogP contribution < -0.4 is 19.7 Å². The fourth-order valence-corrected chi connectivity index (χ4v) is 12.0. The number of pyridine rings is 1. The van der Waals surface area contributed by atoms with Gasteiger partial charge in [0, 0.05) is 67.7 Å². The Hall–Kier alpha value is -5.51. The van der Waals surface area contributed by atoms with Crippen molar-refractivity contribution in [2.45, 2.75) is 114 Å². The lowest BCUT2D eigenvalue weighted by Gasteiger charge is -2.57. The third-order valence-electron chi connectivity index (χ3n) is 14.7. The standard InChI is InChI=1S/C50H61N7O7S/c1-32(2)39-8-5-6-9-40(39)41-10-7-11-44(41)56-30-50(31-56)20-22-55(23-21-50)36-12-14-42(46(26-36)64-37-25-35-24-33(3)53-47(35)52-29-37)48(58)54-65(62,63)38-13-15-43(45(27-38)57(60)61)51-28-34-16-18-49(4,59)19-17-34/h5-6,8-9,12-15,24-27,29,32,34,41,44,51,59H,7,10-11,16-23,28,30-31H2,1-4H3,(H,52,53)(H,54,58)/t34?,41-,44-,49?/m0/s1. The molecule has 4 heterocycles. The monoisotopic (exact) mass is 903 g/mol. The van der Waals surface area contributed by atoms with Gasteiger partial charge in [-0.2, -0.15) is 0 Å². The maximum atomic E-state index is 14.0. The summed E-state index contributed by atoms with van der Waals surface area (Å²) in [5.41, 5.74) is 4.78. The molecule has 2 atom stereocenters. The van der Waals surface area contributed by atoms with Crippen LogP contribution in [0.25, 0.3) is 11.0 Å². The summed E-state index contributed by atoms with van der Waals surface area (Å²) in [7, 11) is -4.57. The van der Waals surface area contributed by atoms with Gasteiger partial charge in [-0.15, -0.1) is 0 Å². The Kier molecular flexibility index (Phi) is 12.2. The van der Waals surface area contributed by atoms with Gasteiger partial charge in [0.15, 0.2) is 0 Å². The number of aliphatic hydroxyl groups is 1. The zero-order chi connectivity index (χ0) is 45.7. The van der Waals surface area contributed by atoms with Crippen molar-refractivity contribution in [2.75, 3.05) is 42.9 Å². The topological polar surface area (TPSA) is 183 Å². The molecular formula is C50H61N7O7S. The Morgan fingerprint density at radius 1 is 1.00 bits per heavy atom. The third-order valence-corrected chi connectivity index (χ3v) is 16.0. The van der Waals surface area contributed by atoms with Crippen LogP contribution >= 0.6 is 0 Å². The highest BCUT2D eigenvalue weighted by Crippen LogP contribution is 2.49. The number of fused-ring (bicyclic) bond motifs is 1. The average Bonchev–Trinajstić information content (AvgIpc) is 3.91. The van der Waals surface area contributed by atoms with Crippen LogP contribution in [0.3, 0.4) is 0 Å². The van der Waals surface area contributed by atoms with Gasteiger partial charge in [-0.1, -0.05) is 44.5 Å². The van der Waals surface area contributed by atoms with Crippen molar-refractivity contribution < 1.29 is 28.0 Å². The normalized spacial score (nSPS) is 23.4. The molecule has 2 saturated carbocycles. The lowest BCUT2D eigenvalue weighted by Crippen LogP contribution is -2.63. The molecular weight excluding hydrogens is 843 g/mol. The second-order valence-corrected chi connectivity index (χ2v) is 21.5. The highest BCUT2D eigenvalue weighted by Gasteiger charge is 2.49. The minimum Gasteiger partial charge on any atom is -0.455 e. The highest BCUT2D eigenvalue weighted by atomic mass is 32.2. The molecule has 3 aromatic carbocycles. The van der Waals surface area contributed by atoms with Crippen LogP contribution in [0.5, 0.6) is 11.5 Å². The number of amides is 1. The van der Waals surface area contributed by atoms with Crippen molar-refractivity contribution in [1.82, 2.24) is 19.6 Å². The number of nitro benzene ring substituents is 1. The molecule has 65 heavy (non-hydrogen) atoms. The SMILES string of the molecule is Cc1cc2cc(Oc3cc(N4CCC5(CC4)CN([C@H]4CCC[C@H]4c4ccccc4C(C)C)C5)ccc3C(=O)NS(=O)(=O)c3ccc(NCC4CCC(C)(O)CC4)c([N+](=O)[O-])c3)cnc2[nH]1. The fourth-order valence-electron chi connectivity index (χ4n) is 11.0. The predicted molar refractivity (Wildman–Crippen MR) is 253 cm³/mol. The zero-order valence-corrected chi connectivity index (χ0v) is 38.6. The van der Waals surface area contributed by atoms with Crippen molar-refractivity contribution in [3.63, 3.8) is 0 Å². The molecule has 4 N–H and O–H groups in total. The Bertz CT molecular complexity index is 2690. The number of ether oxygens (including phenoxy) is 1. The lowest BCUT2D eigenvalue weighted by atomic mass is 9.70. The Morgan fingerprint density at radius 2 is 1.75 bits per heavy atom. The number of nitrogens with one attached hydrogen (secondary N) is 3. The highest BCUT2D eigenvalue weighted by molar-refractivity contribution is 7.90. The van der Waals surface area contributed by atoms with Gasteiger partial charge in [0.1, 0.15) is 22.8 Å². The van der Waals surface area contributed by atoms with Gasteiger partial charge in [-0.05, 0) is 136 Å². The molecule has 15 heteroatoms. The fraction of sp³-hybridized carbons (Fsp3) is 0.480. The summed E-state index contributed by atoms with van der Waals surface area (Å²) >= 11 is 0. The molecule has 0 radical (unpaired) electrons. The van der Waals surface area contributed by atoms with Crippen LogP contribution in [0, 0.1) is 28.4 Å². The third kappa shape index (κ3) is 9.46. The van der Waals surface area contributed by atoms with E-state index in [2.05, 4.69) is 67.9 Å². The molecule has 2 aliphatic heterocycles. The molecule has 2 aliphatic carbocycles. The maximum Gasteiger partial charge on any atom is 0.293 e. The molecule has 1 amide bonds. The molecule has 0 bridgehead atoms. The van der Waals surface area contributed by atoms with Crippen molar-refractivity contribution in [3.05, 3.63) is 111 Å². The van der Waals surface area contributed by atoms with E-state index >= 15 is 0 Å². The lowest BCUT2D eigenvalue weighted by molar-refractivity contribution is -0.384. The van der Waals surface area contributed by atoms with Crippen molar-refractivity contribution in [3.8, 4) is 11.5 Å². The summed E-state index contributed by atoms with van der Waals surface area (Å²) in [6.07, 6.45) is 10.2. The van der Waals surface area contributed by atoms with E-state index in [1.807, 2.05) is 32.0 Å². The molecule has 4 fully saturated rings. The summed E-state index contributed by atoms with van der Waals surface area (Å²) in [5, 5.41) is 26.4. The van der Waals surface area contributed by atoms with Crippen LogP contribution in [-0.2, 0) is 10.0 Å². The van der Waals surface area contributed by atoms with Gasteiger partial charge < -0.3 is 25.0 Å². The number of nitrogens with zero attached hydrogens (tertiary/aromatic N) is 4. The number of anilines is 2. The Balaban J connectivity index is 0.903. The summed E-state index contributed by atoms with van der Waals surface area (Å²) in [5.74, 6) is 0.870. The van der Waals surface area contributed by atoms with E-state index in [1.54, 1.807) is 18.3 Å². The first kappa shape index (κ1) is 44.7. The van der Waals surface area contributed by atoms with E-state index < -0.39 is 37.0 Å². The summed E-state index contributed by atoms with van der Waals surface area (Å²) < 4.78 is 36.1. The van der Waals surface area contributed by atoms with E-state index in [4.69, 9.17) is 4.74 Å². The van der Waals surface area contributed by atoms with E-state index in [0.717, 1.165) is 74.7 Å². The van der Waals surface area contributed by atoms with Gasteiger partial charge in [-0.3, -0.25) is 19.8 Å². The molecule has 4 aliphatic rings. The second kappa shape index (κ2) is 17.7. The summed E-state index contributed by atoms with van der Waals surface area (Å²) in [4.78, 5) is 37.9. The second-order valence-electron chi connectivity index (χ2n) is 19.8. The first-order valence-electron chi connectivity index (χ1n) is 23.2. The number of rotatable bonds is 13. The van der Waals surface area contributed by atoms with Gasteiger partial charge in [-0.25, -0.2) is 18.1 Å². The van der Waals surface area contributed by atoms with E-state index in [1.165, 1.54) is 42.5 Å². The van der Waals surface area contributed by atoms with Crippen LogP contribution in [0.15, 0.2) is 83.9 Å². The number of sulfonamides is 1. The van der Waals surface area contributed by atoms with Crippen LogP contribution in [0.2, 0.25) is 0 Å². The van der Waals surface area contributed by atoms with E-state index in [0.29, 0.717) is 48.7 Å². The zero-order valence-electron chi connectivity index (χ0n) is 37.8. The molecule has 0 unspecified atom stereocenters. The number of nitro groups is 1. The molecule has 9 rings (SSSR count). The minimum absolute atomic E-state index is 0.0183. The Morgan fingerprint density at radius 3 is 2.49 bits per heavy atom. The average molecular weight is 904 g/mol. The first-order chi connectivity index (χ1) is 31.1.